The maximum Gasteiger partial charge on any atom is 0.481 e. The van der Waals surface area contributed by atoms with Crippen LogP contribution in [-0.2, 0) is 51.1 Å². The Kier molecular flexibility index (Phi) is 32.1. The number of nitrogens with two attached hydrogens (primary N) is 1. The second-order valence-electron chi connectivity index (χ2n) is 18.3. The number of phosphoric acid groups is 2. The second kappa shape index (κ2) is 37.2. The number of rotatable bonds is 23. The molecule has 2 aliphatic heterocycles. The number of unbranched alkanes of at least 4 members (excludes halogenated alkanes) is 5. The van der Waals surface area contributed by atoms with Gasteiger partial charge in [-0.3, -0.25) is 28.0 Å². The normalized spacial score (nSPS) is 27.8. The van der Waals surface area contributed by atoms with E-state index in [1.165, 1.54) is 49.8 Å². The zero-order valence-electron chi connectivity index (χ0n) is 43.9. The maximum atomic E-state index is 13.8. The smallest absolute Gasteiger partial charge is 0.462 e. The molecule has 0 amide bonds. The predicted molar refractivity (Wildman–Crippen MR) is 288 cm³/mol. The van der Waals surface area contributed by atoms with E-state index in [1.54, 1.807) is 18.2 Å². The summed E-state index contributed by atoms with van der Waals surface area (Å²) in [5.74, 6) is -4.82. The predicted octanol–water partition coefficient (Wildman–Crippen LogP) is 8.84. The quantitative estimate of drug-likeness (QED) is 0.0258. The van der Waals surface area contributed by atoms with Crippen LogP contribution in [0.3, 0.4) is 0 Å². The van der Waals surface area contributed by atoms with Crippen LogP contribution in [0, 0.1) is 11.8 Å². The lowest BCUT2D eigenvalue weighted by atomic mass is 9.88. The summed E-state index contributed by atoms with van der Waals surface area (Å²) in [6, 6.07) is 1.27. The van der Waals surface area contributed by atoms with Crippen molar-refractivity contribution in [2.45, 2.75) is 166 Å². The number of anilines is 1. The topological polar surface area (TPSA) is 303 Å². The van der Waals surface area contributed by atoms with E-state index in [0.29, 0.717) is 25.7 Å². The van der Waals surface area contributed by atoms with Crippen LogP contribution >= 0.6 is 15.6 Å². The summed E-state index contributed by atoms with van der Waals surface area (Å²) < 4.78 is 59.0. The van der Waals surface area contributed by atoms with Crippen LogP contribution < -0.4 is 11.4 Å². The molecule has 3 heterocycles. The highest BCUT2D eigenvalue weighted by Crippen LogP contribution is 2.60. The summed E-state index contributed by atoms with van der Waals surface area (Å²) in [5.41, 5.74) is 4.83. The van der Waals surface area contributed by atoms with Crippen molar-refractivity contribution in [1.29, 1.82) is 0 Å². The van der Waals surface area contributed by atoms with Crippen molar-refractivity contribution in [2.75, 3.05) is 25.6 Å². The second-order valence-corrected chi connectivity index (χ2v) is 21.4. The molecule has 0 saturated carbocycles. The minimum atomic E-state index is -5.70. The number of carbonyl (C=O) groups is 3. The molecular weight excluding hydrogens is 1020 g/mol. The third kappa shape index (κ3) is 27.6. The van der Waals surface area contributed by atoms with Gasteiger partial charge in [-0.25, -0.2) is 13.9 Å². The molecule has 424 valence electrons. The average Bonchev–Trinajstić information content (AvgIpc) is 3.37. The van der Waals surface area contributed by atoms with Gasteiger partial charge in [0.2, 0.25) is 0 Å². The van der Waals surface area contributed by atoms with Crippen LogP contribution in [0.15, 0.2) is 114 Å². The Bertz CT molecular complexity index is 2310. The lowest BCUT2D eigenvalue weighted by molar-refractivity contribution is -0.167. The number of aromatic nitrogens is 2. The summed E-state index contributed by atoms with van der Waals surface area (Å²) in [7, 11) is -11.3. The Morgan fingerprint density at radius 2 is 1.46 bits per heavy atom. The van der Waals surface area contributed by atoms with Gasteiger partial charge >= 0.3 is 33.3 Å². The van der Waals surface area contributed by atoms with Gasteiger partial charge in [0.25, 0.3) is 0 Å². The molecule has 1 aromatic rings. The lowest BCUT2D eigenvalue weighted by Gasteiger charge is -2.36. The van der Waals surface area contributed by atoms with Gasteiger partial charge in [0.1, 0.15) is 30.9 Å². The molecular formula is C54H81N3O17P2. The highest BCUT2D eigenvalue weighted by atomic mass is 31.3. The van der Waals surface area contributed by atoms with Crippen molar-refractivity contribution in [3.8, 4) is 0 Å². The van der Waals surface area contributed by atoms with E-state index in [2.05, 4.69) is 52.7 Å². The first kappa shape index (κ1) is 65.6. The molecule has 2 bridgehead atoms. The number of ether oxygens (including phenoxy) is 3. The Balaban J connectivity index is 1.75. The molecule has 0 saturated heterocycles. The summed E-state index contributed by atoms with van der Waals surface area (Å²) in [5, 5.41) is 33.9. The van der Waals surface area contributed by atoms with Gasteiger partial charge in [0, 0.05) is 25.0 Å². The van der Waals surface area contributed by atoms with Gasteiger partial charge in [-0.2, -0.15) is 9.29 Å². The van der Waals surface area contributed by atoms with Gasteiger partial charge in [-0.05, 0) is 82.8 Å². The number of aliphatic hydroxyl groups is 3. The Hall–Kier alpha value is -4.69. The molecule has 1 aromatic heterocycles. The molecule has 0 aromatic carbocycles. The molecule has 3 rings (SSSR count). The van der Waals surface area contributed by atoms with E-state index in [1.807, 2.05) is 25.2 Å². The number of fused-ring (bicyclic) bond motifs is 3. The average molecular weight is 1110 g/mol. The number of nitrogens with zero attached hydrogens (tertiary/aromatic N) is 2. The molecule has 0 fully saturated rings. The van der Waals surface area contributed by atoms with Crippen LogP contribution in [0.25, 0.3) is 0 Å². The fourth-order valence-electron chi connectivity index (χ4n) is 7.68. The number of nitrogen functional groups attached to an aromatic ring is 1. The van der Waals surface area contributed by atoms with Crippen LogP contribution in [0.1, 0.15) is 136 Å². The third-order valence-corrected chi connectivity index (χ3v) is 14.5. The van der Waals surface area contributed by atoms with E-state index in [9.17, 15) is 53.4 Å². The van der Waals surface area contributed by atoms with E-state index < -0.39 is 107 Å². The molecule has 2 unspecified atom stereocenters. The van der Waals surface area contributed by atoms with Gasteiger partial charge in [-0.15, -0.1) is 0 Å². The number of hydrogen-bond acceptors (Lipinski definition) is 17. The molecule has 20 nitrogen and oxygen atoms in total. The molecule has 10 atom stereocenters. The Labute approximate surface area is 447 Å². The zero-order valence-corrected chi connectivity index (χ0v) is 45.7. The largest absolute Gasteiger partial charge is 0.481 e. The summed E-state index contributed by atoms with van der Waals surface area (Å²) >= 11 is 0. The van der Waals surface area contributed by atoms with Crippen molar-refractivity contribution in [1.82, 2.24) is 9.55 Å². The highest BCUT2D eigenvalue weighted by molar-refractivity contribution is 7.61. The Morgan fingerprint density at radius 3 is 2.11 bits per heavy atom. The molecule has 0 spiro atoms. The van der Waals surface area contributed by atoms with E-state index >= 15 is 0 Å². The number of allylic oxidation sites excluding steroid dienone is 13. The monoisotopic (exact) mass is 1110 g/mol. The molecule has 2 aliphatic rings. The van der Waals surface area contributed by atoms with E-state index in [4.69, 9.17) is 29.0 Å². The van der Waals surface area contributed by atoms with Crippen LogP contribution in [0.4, 0.5) is 5.82 Å². The number of phosphoric ester groups is 2. The zero-order chi connectivity index (χ0) is 55.6. The number of cyclic esters (lactones) is 1. The van der Waals surface area contributed by atoms with Gasteiger partial charge in [0.15, 0.2) is 11.9 Å². The number of esters is 2. The minimum Gasteiger partial charge on any atom is -0.462 e. The SMILES string of the molecule is CCCCC/C=C\C/C=C\C/C=C\C/C=C\C/C=C\CCC(=O)O[C@@H]1COC(=O)CCCC=CC[C@H]2C=CC(=O)[C@H](/C=C/[C@@H](O)CCCCC)[C@H](O)[C@H](O)[C@@H](COP(=O)(O)OP(=O)(O)OC1)O[C@H]2n1ccc(N)nc1=O. The first-order chi connectivity index (χ1) is 36.4. The van der Waals surface area contributed by atoms with Crippen molar-refractivity contribution >= 4 is 39.2 Å². The number of aliphatic hydroxyl groups excluding tert-OH is 3. The van der Waals surface area contributed by atoms with Gasteiger partial charge in [-0.1, -0.05) is 137 Å². The summed E-state index contributed by atoms with van der Waals surface area (Å²) in [4.78, 5) is 78.0. The maximum absolute atomic E-state index is 13.8. The van der Waals surface area contributed by atoms with Crippen LogP contribution in [-0.4, -0.2) is 103 Å². The van der Waals surface area contributed by atoms with Crippen LogP contribution in [0.5, 0.6) is 0 Å². The summed E-state index contributed by atoms with van der Waals surface area (Å²) in [6.07, 6.45) is 31.8. The fraction of sp³-hybridized carbons (Fsp3) is 0.574. The fourth-order valence-corrected chi connectivity index (χ4v) is 9.79. The number of carbonyl (C=O) groups excluding carboxylic acids is 3. The Morgan fingerprint density at radius 1 is 0.842 bits per heavy atom. The third-order valence-electron chi connectivity index (χ3n) is 11.9. The van der Waals surface area contributed by atoms with Crippen molar-refractivity contribution in [3.05, 3.63) is 120 Å². The first-order valence-corrected chi connectivity index (χ1v) is 29.3. The highest BCUT2D eigenvalue weighted by Gasteiger charge is 2.42. The number of ketones is 1. The van der Waals surface area contributed by atoms with Crippen molar-refractivity contribution in [3.63, 3.8) is 0 Å². The van der Waals surface area contributed by atoms with E-state index in [-0.39, 0.29) is 37.9 Å². The van der Waals surface area contributed by atoms with Crippen molar-refractivity contribution < 1.29 is 76.2 Å². The standard InChI is InChI=1S/C54H81N3O17P2/c1-3-5-7-8-9-10-11-12-13-14-15-16-17-18-19-20-21-22-28-32-50(61)72-44-39-69-49(60)31-27-24-23-26-29-42-33-36-46(59)45(35-34-43(58)30-25-6-4-2)51(62)52(63)47(41-71-76(67,68)74-75(65,66)70-40-44)73-53(42)57-38-37-48(55)56-54(57)64/h9-10,12-13,15-16,18-19,21-23,26,33-38,42-45,47,51-53,58,62-63H,3-8,11,14,17,20,24-25,27-32,39-41H2,1-2H3,(H,65,66)(H,67,68)(H2,55,56,64)/b10-9-,13-12-,16-15-,19-18-,22-21-,26-23?,35-34+,36-33?/t42-,43-,44+,45-,47+,51-,52+,53+/m0/s1. The first-order valence-electron chi connectivity index (χ1n) is 26.3. The number of hydrogen-bond donors (Lipinski definition) is 6. The van der Waals surface area contributed by atoms with Crippen molar-refractivity contribution in [2.24, 2.45) is 11.8 Å². The summed E-state index contributed by atoms with van der Waals surface area (Å²) in [6.45, 7) is 1.44. The molecule has 76 heavy (non-hydrogen) atoms. The molecule has 22 heteroatoms. The minimum absolute atomic E-state index is 0.0411. The lowest BCUT2D eigenvalue weighted by Crippen LogP contribution is -2.49. The molecule has 7 N–H and O–H groups in total. The van der Waals surface area contributed by atoms with Gasteiger partial charge in [0.05, 0.1) is 31.3 Å². The van der Waals surface area contributed by atoms with Crippen LogP contribution in [0.2, 0.25) is 0 Å². The van der Waals surface area contributed by atoms with Gasteiger partial charge < -0.3 is 45.1 Å². The molecule has 0 aliphatic carbocycles. The van der Waals surface area contributed by atoms with E-state index in [0.717, 1.165) is 49.2 Å². The molecule has 0 radical (unpaired) electrons.